The molecule has 0 spiro atoms. The second-order valence-electron chi connectivity index (χ2n) is 10.2. The van der Waals surface area contributed by atoms with Gasteiger partial charge in [0.05, 0.1) is 35.9 Å². The summed E-state index contributed by atoms with van der Waals surface area (Å²) in [5.74, 6) is 0.832. The van der Waals surface area contributed by atoms with Crippen LogP contribution < -0.4 is 14.8 Å². The van der Waals surface area contributed by atoms with Gasteiger partial charge < -0.3 is 24.8 Å². The number of hydrogen-bond donors (Lipinski definition) is 2. The van der Waals surface area contributed by atoms with Gasteiger partial charge in [0.25, 0.3) is 0 Å². The smallest absolute Gasteiger partial charge is 0.416 e. The van der Waals surface area contributed by atoms with E-state index in [1.807, 2.05) is 13.0 Å². The Kier molecular flexibility index (Phi) is 10.5. The molecule has 7 nitrogen and oxygen atoms in total. The second-order valence-corrected chi connectivity index (χ2v) is 10.2. The predicted octanol–water partition coefficient (Wildman–Crippen LogP) is 5.95. The summed E-state index contributed by atoms with van der Waals surface area (Å²) in [5, 5.41) is 13.3. The zero-order valence-corrected chi connectivity index (χ0v) is 23.3. The summed E-state index contributed by atoms with van der Waals surface area (Å²) in [4.78, 5) is 9.38. The number of alkyl halides is 3. The van der Waals surface area contributed by atoms with E-state index in [1.54, 1.807) is 12.3 Å². The van der Waals surface area contributed by atoms with Crippen LogP contribution in [0.15, 0.2) is 42.6 Å². The maximum atomic E-state index is 13.3. The van der Waals surface area contributed by atoms with Crippen LogP contribution in [0.25, 0.3) is 10.9 Å². The number of halogens is 3. The van der Waals surface area contributed by atoms with E-state index in [1.165, 1.54) is 25.7 Å². The molecule has 10 heteroatoms. The van der Waals surface area contributed by atoms with Gasteiger partial charge in [-0.2, -0.15) is 13.2 Å². The number of aryl methyl sites for hydroxylation is 1. The molecule has 2 N–H and O–H groups in total. The number of piperazine rings is 1. The van der Waals surface area contributed by atoms with Gasteiger partial charge >= 0.3 is 6.18 Å². The molecule has 1 aliphatic rings. The molecule has 3 aromatic rings. The first-order valence-corrected chi connectivity index (χ1v) is 13.9. The molecule has 1 fully saturated rings. The Morgan fingerprint density at radius 2 is 1.70 bits per heavy atom. The lowest BCUT2D eigenvalue weighted by atomic mass is 10.1. The van der Waals surface area contributed by atoms with E-state index in [9.17, 15) is 13.2 Å². The van der Waals surface area contributed by atoms with Gasteiger partial charge in [-0.15, -0.1) is 0 Å². The minimum atomic E-state index is -4.47. The van der Waals surface area contributed by atoms with Gasteiger partial charge in [-0.1, -0.05) is 18.9 Å². The number of aliphatic hydroxyl groups excluding tert-OH is 1. The van der Waals surface area contributed by atoms with Crippen LogP contribution in [0.1, 0.15) is 36.8 Å². The molecule has 1 saturated heterocycles. The van der Waals surface area contributed by atoms with E-state index >= 15 is 0 Å². The fourth-order valence-electron chi connectivity index (χ4n) is 5.09. The molecule has 2 aromatic carbocycles. The van der Waals surface area contributed by atoms with Crippen LogP contribution in [-0.2, 0) is 6.18 Å². The first kappa shape index (κ1) is 29.9. The van der Waals surface area contributed by atoms with Crippen LogP contribution in [0.5, 0.6) is 17.2 Å². The Morgan fingerprint density at radius 3 is 2.40 bits per heavy atom. The SMILES string of the molecule is COc1cc(NCCCCCCN2CCN(CCO)CC2)c2nccc(C)c2c1Oc1cccc(C(F)(F)F)c1. The van der Waals surface area contributed by atoms with Crippen LogP contribution in [-0.4, -0.2) is 79.4 Å². The third kappa shape index (κ3) is 7.77. The van der Waals surface area contributed by atoms with Gasteiger partial charge in [-0.05, 0) is 56.1 Å². The molecule has 40 heavy (non-hydrogen) atoms. The standard InChI is InChI=1S/C30H39F3N4O3/c1-22-10-12-35-28-25(34-11-5-3-4-6-13-36-14-16-37(17-15-36)18-19-38)21-26(39-2)29(27(22)28)40-24-9-7-8-23(20-24)30(31,32)33/h7-10,12,20-21,34,38H,3-6,11,13-19H2,1-2H3. The molecule has 218 valence electrons. The number of aliphatic hydroxyl groups is 1. The summed E-state index contributed by atoms with van der Waals surface area (Å²) in [5.41, 5.74) is 1.59. The van der Waals surface area contributed by atoms with E-state index in [-0.39, 0.29) is 12.4 Å². The first-order valence-electron chi connectivity index (χ1n) is 13.9. The maximum absolute atomic E-state index is 13.3. The van der Waals surface area contributed by atoms with Crippen molar-refractivity contribution in [3.8, 4) is 17.2 Å². The average molecular weight is 561 g/mol. The summed E-state index contributed by atoms with van der Waals surface area (Å²) in [6.45, 7) is 8.97. The first-order chi connectivity index (χ1) is 19.3. The number of pyridine rings is 1. The minimum absolute atomic E-state index is 0.0745. The summed E-state index contributed by atoms with van der Waals surface area (Å²) in [6.07, 6.45) is 1.68. The number of unbranched alkanes of at least 4 members (excludes halogenated alkanes) is 3. The van der Waals surface area contributed by atoms with Crippen molar-refractivity contribution in [2.24, 2.45) is 0 Å². The largest absolute Gasteiger partial charge is 0.493 e. The van der Waals surface area contributed by atoms with Crippen LogP contribution in [0, 0.1) is 6.92 Å². The van der Waals surface area contributed by atoms with Gasteiger partial charge in [0.2, 0.25) is 0 Å². The van der Waals surface area contributed by atoms with Gasteiger partial charge in [0.1, 0.15) is 5.75 Å². The topological polar surface area (TPSA) is 70.1 Å². The summed E-state index contributed by atoms with van der Waals surface area (Å²) < 4.78 is 51.4. The molecule has 0 unspecified atom stereocenters. The quantitative estimate of drug-likeness (QED) is 0.251. The number of methoxy groups -OCH3 is 1. The normalized spacial score (nSPS) is 14.9. The number of anilines is 1. The van der Waals surface area contributed by atoms with E-state index in [0.29, 0.717) is 22.4 Å². The van der Waals surface area contributed by atoms with E-state index in [4.69, 9.17) is 14.6 Å². The summed E-state index contributed by atoms with van der Waals surface area (Å²) in [6, 6.07) is 8.47. The van der Waals surface area contributed by atoms with E-state index < -0.39 is 11.7 Å². The third-order valence-electron chi connectivity index (χ3n) is 7.34. The highest BCUT2D eigenvalue weighted by Crippen LogP contribution is 2.44. The van der Waals surface area contributed by atoms with E-state index in [2.05, 4.69) is 20.1 Å². The maximum Gasteiger partial charge on any atom is 0.416 e. The van der Waals surface area contributed by atoms with Crippen molar-refractivity contribution >= 4 is 16.6 Å². The predicted molar refractivity (Wildman–Crippen MR) is 151 cm³/mol. The zero-order chi connectivity index (χ0) is 28.5. The van der Waals surface area contributed by atoms with Gasteiger partial charge in [-0.3, -0.25) is 9.88 Å². The Hall–Kier alpha value is -3.08. The zero-order valence-electron chi connectivity index (χ0n) is 23.3. The monoisotopic (exact) mass is 560 g/mol. The molecule has 0 bridgehead atoms. The fraction of sp³-hybridized carbons (Fsp3) is 0.500. The summed E-state index contributed by atoms with van der Waals surface area (Å²) >= 11 is 0. The van der Waals surface area contributed by atoms with Crippen molar-refractivity contribution in [1.82, 2.24) is 14.8 Å². The number of aromatic nitrogens is 1. The van der Waals surface area contributed by atoms with Crippen LogP contribution in [0.2, 0.25) is 0 Å². The van der Waals surface area contributed by atoms with Crippen molar-refractivity contribution in [2.75, 3.05) is 64.8 Å². The highest BCUT2D eigenvalue weighted by molar-refractivity contribution is 5.99. The van der Waals surface area contributed by atoms with Crippen LogP contribution in [0.3, 0.4) is 0 Å². The Bertz CT molecular complexity index is 1250. The molecule has 0 aliphatic carbocycles. The van der Waals surface area contributed by atoms with Crippen LogP contribution >= 0.6 is 0 Å². The lowest BCUT2D eigenvalue weighted by Crippen LogP contribution is -2.47. The third-order valence-corrected chi connectivity index (χ3v) is 7.34. The average Bonchev–Trinajstić information content (AvgIpc) is 2.94. The number of nitrogens with zero attached hydrogens (tertiary/aromatic N) is 3. The number of rotatable bonds is 13. The summed E-state index contributed by atoms with van der Waals surface area (Å²) in [7, 11) is 1.52. The molecule has 0 atom stereocenters. The Balaban J connectivity index is 1.36. The van der Waals surface area contributed by atoms with Crippen molar-refractivity contribution in [3.63, 3.8) is 0 Å². The van der Waals surface area contributed by atoms with E-state index in [0.717, 1.165) is 88.5 Å². The molecule has 0 amide bonds. The number of ether oxygens (including phenoxy) is 2. The lowest BCUT2D eigenvalue weighted by Gasteiger charge is -2.34. The van der Waals surface area contributed by atoms with Crippen molar-refractivity contribution in [1.29, 1.82) is 0 Å². The van der Waals surface area contributed by atoms with Crippen molar-refractivity contribution in [3.05, 3.63) is 53.7 Å². The molecular weight excluding hydrogens is 521 g/mol. The highest BCUT2D eigenvalue weighted by Gasteiger charge is 2.31. The second kappa shape index (κ2) is 14.0. The van der Waals surface area contributed by atoms with Crippen LogP contribution in [0.4, 0.5) is 18.9 Å². The number of hydrogen-bond acceptors (Lipinski definition) is 7. The molecule has 0 radical (unpaired) electrons. The van der Waals surface area contributed by atoms with Gasteiger partial charge in [0.15, 0.2) is 11.5 Å². The van der Waals surface area contributed by atoms with Crippen molar-refractivity contribution < 1.29 is 27.8 Å². The molecule has 1 aromatic heterocycles. The lowest BCUT2D eigenvalue weighted by molar-refractivity contribution is -0.137. The number of β-amino-alcohol motifs (C(OH)–C–C–N with tert-alkyl or cyclic N) is 1. The molecule has 1 aliphatic heterocycles. The highest BCUT2D eigenvalue weighted by atomic mass is 19.4. The molecule has 2 heterocycles. The number of fused-ring (bicyclic) bond motifs is 1. The Morgan fingerprint density at radius 1 is 0.975 bits per heavy atom. The molecular formula is C30H39F3N4O3. The molecule has 0 saturated carbocycles. The van der Waals surface area contributed by atoms with Gasteiger partial charge in [0, 0.05) is 51.5 Å². The number of benzene rings is 2. The van der Waals surface area contributed by atoms with Gasteiger partial charge in [-0.25, -0.2) is 0 Å². The number of nitrogens with one attached hydrogen (secondary N) is 1. The minimum Gasteiger partial charge on any atom is -0.493 e. The fourth-order valence-corrected chi connectivity index (χ4v) is 5.09. The Labute approximate surface area is 233 Å². The molecule has 4 rings (SSSR count). The van der Waals surface area contributed by atoms with Crippen molar-refractivity contribution in [2.45, 2.75) is 38.8 Å².